The van der Waals surface area contributed by atoms with E-state index in [4.69, 9.17) is 16.3 Å². The van der Waals surface area contributed by atoms with Gasteiger partial charge in [-0.2, -0.15) is 0 Å². The monoisotopic (exact) mass is 300 g/mol. The van der Waals surface area contributed by atoms with Gasteiger partial charge < -0.3 is 4.74 Å². The van der Waals surface area contributed by atoms with Crippen molar-refractivity contribution in [3.05, 3.63) is 64.2 Å². The van der Waals surface area contributed by atoms with Crippen LogP contribution in [0, 0.1) is 13.8 Å². The molecule has 0 amide bonds. The molecule has 106 valence electrons. The number of esters is 1. The molecule has 0 radical (unpaired) electrons. The first-order valence-electron chi connectivity index (χ1n) is 6.60. The number of hydrogen-bond donors (Lipinski definition) is 0. The quantitative estimate of drug-likeness (QED) is 0.482. The van der Waals surface area contributed by atoms with Gasteiger partial charge in [0.25, 0.3) is 5.24 Å². The summed E-state index contributed by atoms with van der Waals surface area (Å²) in [5, 5.41) is -0.538. The molecule has 0 bridgehead atoms. The van der Waals surface area contributed by atoms with Crippen molar-refractivity contribution in [1.29, 1.82) is 0 Å². The molecule has 0 aromatic heterocycles. The zero-order valence-electron chi connectivity index (χ0n) is 11.6. The number of carbonyl (C=O) groups excluding carboxylic acids is 2. The number of fused-ring (bicyclic) bond motifs is 1. The number of ether oxygens (including phenoxy) is 1. The largest absolute Gasteiger partial charge is 0.425 e. The first kappa shape index (κ1) is 13.8. The lowest BCUT2D eigenvalue weighted by molar-refractivity contribution is -0.133. The first-order valence-corrected chi connectivity index (χ1v) is 6.98. The summed E-state index contributed by atoms with van der Waals surface area (Å²) in [7, 11) is 0. The highest BCUT2D eigenvalue weighted by Gasteiger charge is 2.35. The molecule has 1 heterocycles. The van der Waals surface area contributed by atoms with Crippen LogP contribution in [0.5, 0.6) is 5.75 Å². The highest BCUT2D eigenvalue weighted by Crippen LogP contribution is 2.41. The van der Waals surface area contributed by atoms with E-state index < -0.39 is 11.2 Å². The van der Waals surface area contributed by atoms with Crippen LogP contribution in [0.15, 0.2) is 36.4 Å². The maximum Gasteiger partial charge on any atom is 0.323 e. The molecule has 1 atom stereocenters. The average molecular weight is 301 g/mol. The topological polar surface area (TPSA) is 43.4 Å². The smallest absolute Gasteiger partial charge is 0.323 e. The highest BCUT2D eigenvalue weighted by atomic mass is 35.5. The summed E-state index contributed by atoms with van der Waals surface area (Å²) in [4.78, 5) is 23.5. The van der Waals surface area contributed by atoms with Gasteiger partial charge in [-0.3, -0.25) is 9.59 Å². The molecule has 0 saturated carbocycles. The van der Waals surface area contributed by atoms with Crippen molar-refractivity contribution < 1.29 is 14.3 Å². The first-order chi connectivity index (χ1) is 9.97. The lowest BCUT2D eigenvalue weighted by Gasteiger charge is -2.09. The van der Waals surface area contributed by atoms with Crippen LogP contribution in [0.1, 0.15) is 38.5 Å². The summed E-state index contributed by atoms with van der Waals surface area (Å²) in [5.41, 5.74) is 3.94. The van der Waals surface area contributed by atoms with Crippen molar-refractivity contribution >= 4 is 22.8 Å². The molecule has 0 saturated heterocycles. The van der Waals surface area contributed by atoms with E-state index in [-0.39, 0.29) is 5.97 Å². The van der Waals surface area contributed by atoms with Gasteiger partial charge in [-0.1, -0.05) is 35.9 Å². The predicted octanol–water partition coefficient (Wildman–Crippen LogP) is 3.73. The zero-order valence-corrected chi connectivity index (χ0v) is 12.4. The Morgan fingerprint density at radius 1 is 1.19 bits per heavy atom. The second-order valence-corrected chi connectivity index (χ2v) is 5.60. The molecule has 3 nitrogen and oxygen atoms in total. The van der Waals surface area contributed by atoms with E-state index in [1.807, 2.05) is 32.0 Å². The van der Waals surface area contributed by atoms with E-state index in [9.17, 15) is 9.59 Å². The number of hydrogen-bond acceptors (Lipinski definition) is 3. The van der Waals surface area contributed by atoms with Crippen LogP contribution >= 0.6 is 11.6 Å². The molecule has 0 N–H and O–H groups in total. The van der Waals surface area contributed by atoms with E-state index in [0.29, 0.717) is 11.3 Å². The number of halogens is 1. The van der Waals surface area contributed by atoms with Crippen LogP contribution in [0.3, 0.4) is 0 Å². The third kappa shape index (κ3) is 2.34. The molecule has 0 fully saturated rings. The summed E-state index contributed by atoms with van der Waals surface area (Å²) >= 11 is 5.51. The van der Waals surface area contributed by atoms with Crippen molar-refractivity contribution in [2.45, 2.75) is 19.8 Å². The molecule has 1 unspecified atom stereocenters. The number of benzene rings is 2. The maximum atomic E-state index is 12.2. The van der Waals surface area contributed by atoms with Crippen molar-refractivity contribution in [3.63, 3.8) is 0 Å². The lowest BCUT2D eigenvalue weighted by atomic mass is 9.90. The molecular formula is C17H13ClO3. The van der Waals surface area contributed by atoms with Crippen molar-refractivity contribution in [2.75, 3.05) is 0 Å². The van der Waals surface area contributed by atoms with Gasteiger partial charge in [0.2, 0.25) is 0 Å². The Balaban J connectivity index is 2.15. The fraction of sp³-hybridized carbons (Fsp3) is 0.176. The standard InChI is InChI=1S/C17H13ClO3/c1-9-6-10(2)15-13(7-9)14(17(20)21-15)11-4-3-5-12(8-11)16(18)19/h3-8,14H,1-2H3. The molecule has 2 aromatic rings. The fourth-order valence-corrected chi connectivity index (χ4v) is 2.90. The van der Waals surface area contributed by atoms with Crippen LogP contribution in [0.2, 0.25) is 0 Å². The molecular weight excluding hydrogens is 288 g/mol. The Hall–Kier alpha value is -2.13. The van der Waals surface area contributed by atoms with Crippen LogP contribution in [0.25, 0.3) is 0 Å². The minimum atomic E-state index is -0.538. The normalized spacial score (nSPS) is 16.5. The van der Waals surface area contributed by atoms with Gasteiger partial charge in [0.15, 0.2) is 0 Å². The predicted molar refractivity (Wildman–Crippen MR) is 80.0 cm³/mol. The number of carbonyl (C=O) groups is 2. The van der Waals surface area contributed by atoms with Gasteiger partial charge in [0.05, 0.1) is 0 Å². The Morgan fingerprint density at radius 2 is 1.95 bits per heavy atom. The van der Waals surface area contributed by atoms with E-state index in [1.54, 1.807) is 18.2 Å². The summed E-state index contributed by atoms with van der Waals surface area (Å²) in [6.45, 7) is 3.89. The molecule has 2 aromatic carbocycles. The van der Waals surface area contributed by atoms with Gasteiger partial charge in [0, 0.05) is 11.1 Å². The molecule has 1 aliphatic heterocycles. The van der Waals surface area contributed by atoms with E-state index in [0.717, 1.165) is 22.3 Å². The van der Waals surface area contributed by atoms with E-state index in [1.165, 1.54) is 0 Å². The Bertz CT molecular complexity index is 765. The second-order valence-electron chi connectivity index (χ2n) is 5.25. The van der Waals surface area contributed by atoms with Gasteiger partial charge in [0.1, 0.15) is 11.7 Å². The van der Waals surface area contributed by atoms with Crippen LogP contribution in [0.4, 0.5) is 0 Å². The number of aryl methyl sites for hydroxylation is 2. The van der Waals surface area contributed by atoms with E-state index >= 15 is 0 Å². The zero-order chi connectivity index (χ0) is 15.1. The van der Waals surface area contributed by atoms with Crippen molar-refractivity contribution in [2.24, 2.45) is 0 Å². The summed E-state index contributed by atoms with van der Waals surface area (Å²) in [6.07, 6.45) is 0. The van der Waals surface area contributed by atoms with Crippen LogP contribution < -0.4 is 4.74 Å². The summed E-state index contributed by atoms with van der Waals surface area (Å²) in [6, 6.07) is 10.7. The highest BCUT2D eigenvalue weighted by molar-refractivity contribution is 6.67. The third-order valence-electron chi connectivity index (χ3n) is 3.64. The van der Waals surface area contributed by atoms with Gasteiger partial charge in [-0.25, -0.2) is 0 Å². The molecule has 21 heavy (non-hydrogen) atoms. The molecule has 4 heteroatoms. The lowest BCUT2D eigenvalue weighted by Crippen LogP contribution is -2.12. The van der Waals surface area contributed by atoms with Crippen molar-refractivity contribution in [3.8, 4) is 5.75 Å². The van der Waals surface area contributed by atoms with Crippen LogP contribution in [-0.4, -0.2) is 11.2 Å². The minimum absolute atomic E-state index is 0.321. The molecule has 0 spiro atoms. The summed E-state index contributed by atoms with van der Waals surface area (Å²) in [5.74, 6) is -0.203. The van der Waals surface area contributed by atoms with Crippen LogP contribution in [-0.2, 0) is 4.79 Å². The minimum Gasteiger partial charge on any atom is -0.425 e. The van der Waals surface area contributed by atoms with Gasteiger partial charge in [-0.05, 0) is 42.6 Å². The van der Waals surface area contributed by atoms with Gasteiger partial charge >= 0.3 is 5.97 Å². The average Bonchev–Trinajstić information content (AvgIpc) is 2.75. The Labute approximate surface area is 127 Å². The number of rotatable bonds is 2. The second kappa shape index (κ2) is 5.01. The summed E-state index contributed by atoms with van der Waals surface area (Å²) < 4.78 is 5.40. The van der Waals surface area contributed by atoms with Gasteiger partial charge in [-0.15, -0.1) is 0 Å². The maximum absolute atomic E-state index is 12.2. The third-order valence-corrected chi connectivity index (χ3v) is 3.86. The van der Waals surface area contributed by atoms with Crippen molar-refractivity contribution in [1.82, 2.24) is 0 Å². The molecule has 0 aliphatic carbocycles. The fourth-order valence-electron chi connectivity index (χ4n) is 2.78. The molecule has 3 rings (SSSR count). The molecule has 1 aliphatic rings. The Morgan fingerprint density at radius 3 is 2.67 bits per heavy atom. The van der Waals surface area contributed by atoms with E-state index in [2.05, 4.69) is 0 Å². The SMILES string of the molecule is Cc1cc(C)c2c(c1)C(c1cccc(C(=O)Cl)c1)C(=O)O2. The Kier molecular flexibility index (Phi) is 3.30.